The van der Waals surface area contributed by atoms with E-state index in [9.17, 15) is 4.79 Å². The molecule has 5 heteroatoms. The van der Waals surface area contributed by atoms with Crippen molar-refractivity contribution in [1.82, 2.24) is 10.1 Å². The first-order valence-corrected chi connectivity index (χ1v) is 7.22. The summed E-state index contributed by atoms with van der Waals surface area (Å²) in [6, 6.07) is 7.31. The quantitative estimate of drug-likeness (QED) is 0.861. The minimum absolute atomic E-state index is 0.172. The number of nitrogens with zero attached hydrogens (tertiary/aromatic N) is 2. The Morgan fingerprint density at radius 2 is 2.05 bits per heavy atom. The molecule has 0 amide bonds. The summed E-state index contributed by atoms with van der Waals surface area (Å²) in [7, 11) is 0. The topological polar surface area (TPSA) is 56.0 Å². The van der Waals surface area contributed by atoms with Crippen LogP contribution in [-0.4, -0.2) is 15.9 Å². The second kappa shape index (κ2) is 5.75. The van der Waals surface area contributed by atoms with Gasteiger partial charge in [0.2, 0.25) is 11.7 Å². The molecule has 0 aliphatic heterocycles. The van der Waals surface area contributed by atoms with Crippen LogP contribution in [0.5, 0.6) is 0 Å². The molecule has 1 fully saturated rings. The normalized spacial score (nSPS) is 15.7. The molecule has 0 atom stereocenters. The van der Waals surface area contributed by atoms with Crippen molar-refractivity contribution in [3.8, 4) is 11.4 Å². The average Bonchev–Trinajstić information content (AvgIpc) is 3.10. The average molecular weight is 291 g/mol. The molecule has 1 saturated carbocycles. The summed E-state index contributed by atoms with van der Waals surface area (Å²) < 4.78 is 5.16. The Bertz CT molecular complexity index is 618. The van der Waals surface area contributed by atoms with Crippen molar-refractivity contribution < 1.29 is 9.32 Å². The van der Waals surface area contributed by atoms with Crippen molar-refractivity contribution in [2.75, 3.05) is 0 Å². The van der Waals surface area contributed by atoms with Crippen molar-refractivity contribution in [3.63, 3.8) is 0 Å². The van der Waals surface area contributed by atoms with E-state index < -0.39 is 0 Å². The highest BCUT2D eigenvalue weighted by atomic mass is 35.5. The van der Waals surface area contributed by atoms with E-state index in [-0.39, 0.29) is 18.1 Å². The van der Waals surface area contributed by atoms with Crippen LogP contribution in [0.2, 0.25) is 5.02 Å². The van der Waals surface area contributed by atoms with Crippen LogP contribution in [0.1, 0.15) is 31.6 Å². The number of halogens is 1. The van der Waals surface area contributed by atoms with Gasteiger partial charge in [0.15, 0.2) is 0 Å². The van der Waals surface area contributed by atoms with E-state index in [1.165, 1.54) is 0 Å². The summed E-state index contributed by atoms with van der Waals surface area (Å²) in [5, 5.41) is 4.48. The molecular formula is C15H15ClN2O2. The van der Waals surface area contributed by atoms with E-state index in [4.69, 9.17) is 16.1 Å². The molecule has 20 heavy (non-hydrogen) atoms. The van der Waals surface area contributed by atoms with E-state index >= 15 is 0 Å². The zero-order chi connectivity index (χ0) is 13.9. The molecule has 0 spiro atoms. The number of hydrogen-bond acceptors (Lipinski definition) is 4. The minimum Gasteiger partial charge on any atom is -0.338 e. The molecular weight excluding hydrogens is 276 g/mol. The number of benzene rings is 1. The first-order valence-electron chi connectivity index (χ1n) is 6.84. The predicted molar refractivity (Wildman–Crippen MR) is 75.4 cm³/mol. The third kappa shape index (κ3) is 2.75. The van der Waals surface area contributed by atoms with Gasteiger partial charge in [-0.05, 0) is 25.0 Å². The third-order valence-corrected chi connectivity index (χ3v) is 4.05. The highest BCUT2D eigenvalue weighted by molar-refractivity contribution is 6.33. The van der Waals surface area contributed by atoms with Crippen LogP contribution in [0, 0.1) is 5.92 Å². The minimum atomic E-state index is 0.172. The van der Waals surface area contributed by atoms with Crippen molar-refractivity contribution in [1.29, 1.82) is 0 Å². The fraction of sp³-hybridized carbons (Fsp3) is 0.400. The lowest BCUT2D eigenvalue weighted by atomic mass is 10.0. The zero-order valence-corrected chi connectivity index (χ0v) is 11.8. The van der Waals surface area contributed by atoms with E-state index in [1.54, 1.807) is 6.07 Å². The Labute approximate surface area is 122 Å². The van der Waals surface area contributed by atoms with Crippen molar-refractivity contribution >= 4 is 17.4 Å². The summed E-state index contributed by atoms with van der Waals surface area (Å²) in [5.74, 6) is 1.18. The number of carbonyl (C=O) groups excluding carboxylic acids is 1. The van der Waals surface area contributed by atoms with Crippen LogP contribution in [0.25, 0.3) is 11.4 Å². The van der Waals surface area contributed by atoms with Crippen LogP contribution in [0.15, 0.2) is 28.8 Å². The molecule has 0 saturated heterocycles. The second-order valence-electron chi connectivity index (χ2n) is 5.12. The number of hydrogen-bond donors (Lipinski definition) is 0. The summed E-state index contributed by atoms with van der Waals surface area (Å²) in [5.41, 5.74) is 0.720. The van der Waals surface area contributed by atoms with Gasteiger partial charge in [-0.2, -0.15) is 4.98 Å². The molecule has 1 aliphatic carbocycles. The SMILES string of the molecule is O=C(Cc1nc(-c2ccccc2Cl)no1)C1CCCC1. The lowest BCUT2D eigenvalue weighted by molar-refractivity contribution is -0.122. The van der Waals surface area contributed by atoms with Gasteiger partial charge in [-0.25, -0.2) is 0 Å². The van der Waals surface area contributed by atoms with Gasteiger partial charge >= 0.3 is 0 Å². The monoisotopic (exact) mass is 290 g/mol. The maximum absolute atomic E-state index is 12.1. The second-order valence-corrected chi connectivity index (χ2v) is 5.52. The van der Waals surface area contributed by atoms with E-state index in [0.29, 0.717) is 16.7 Å². The largest absolute Gasteiger partial charge is 0.338 e. The number of Topliss-reactive ketones (excluding diaryl/α,β-unsaturated/α-hetero) is 1. The van der Waals surface area contributed by atoms with Gasteiger partial charge in [0, 0.05) is 11.5 Å². The van der Waals surface area contributed by atoms with Crippen LogP contribution in [-0.2, 0) is 11.2 Å². The molecule has 104 valence electrons. The highest BCUT2D eigenvalue weighted by Crippen LogP contribution is 2.28. The van der Waals surface area contributed by atoms with Gasteiger partial charge in [-0.1, -0.05) is 41.7 Å². The van der Waals surface area contributed by atoms with Crippen molar-refractivity contribution in [2.24, 2.45) is 5.92 Å². The van der Waals surface area contributed by atoms with Gasteiger partial charge in [0.25, 0.3) is 0 Å². The molecule has 2 aromatic rings. The van der Waals surface area contributed by atoms with Crippen LogP contribution in [0.4, 0.5) is 0 Å². The fourth-order valence-corrected chi connectivity index (χ4v) is 2.84. The van der Waals surface area contributed by atoms with Gasteiger partial charge in [0.05, 0.1) is 11.4 Å². The Morgan fingerprint density at radius 3 is 2.80 bits per heavy atom. The Hall–Kier alpha value is -1.68. The van der Waals surface area contributed by atoms with Crippen molar-refractivity contribution in [3.05, 3.63) is 35.2 Å². The number of aromatic nitrogens is 2. The molecule has 0 unspecified atom stereocenters. The van der Waals surface area contributed by atoms with Gasteiger partial charge in [-0.3, -0.25) is 4.79 Å². The van der Waals surface area contributed by atoms with E-state index in [0.717, 1.165) is 31.2 Å². The molecule has 4 nitrogen and oxygen atoms in total. The Balaban J connectivity index is 1.74. The smallest absolute Gasteiger partial charge is 0.234 e. The zero-order valence-electron chi connectivity index (χ0n) is 11.0. The van der Waals surface area contributed by atoms with Crippen LogP contribution >= 0.6 is 11.6 Å². The summed E-state index contributed by atoms with van der Waals surface area (Å²) in [4.78, 5) is 16.3. The summed E-state index contributed by atoms with van der Waals surface area (Å²) in [6.45, 7) is 0. The highest BCUT2D eigenvalue weighted by Gasteiger charge is 2.24. The fourth-order valence-electron chi connectivity index (χ4n) is 2.62. The Morgan fingerprint density at radius 1 is 1.30 bits per heavy atom. The molecule has 0 N–H and O–H groups in total. The Kier molecular flexibility index (Phi) is 3.83. The van der Waals surface area contributed by atoms with E-state index in [1.807, 2.05) is 18.2 Å². The molecule has 1 aromatic heterocycles. The standard InChI is InChI=1S/C15H15ClN2O2/c16-12-8-4-3-7-11(12)15-17-14(20-18-15)9-13(19)10-5-1-2-6-10/h3-4,7-8,10H,1-2,5-6,9H2. The summed E-state index contributed by atoms with van der Waals surface area (Å²) >= 11 is 6.09. The number of carbonyl (C=O) groups is 1. The molecule has 1 aliphatic rings. The lowest BCUT2D eigenvalue weighted by Crippen LogP contribution is -2.13. The van der Waals surface area contributed by atoms with Gasteiger partial charge in [0.1, 0.15) is 5.78 Å². The maximum atomic E-state index is 12.1. The number of rotatable bonds is 4. The lowest BCUT2D eigenvalue weighted by Gasteiger charge is -2.04. The molecule has 1 heterocycles. The molecule has 0 radical (unpaired) electrons. The first kappa shape index (κ1) is 13.3. The molecule has 3 rings (SSSR count). The third-order valence-electron chi connectivity index (χ3n) is 3.72. The predicted octanol–water partition coefficient (Wildman–Crippen LogP) is 3.69. The van der Waals surface area contributed by atoms with Crippen molar-refractivity contribution in [2.45, 2.75) is 32.1 Å². The van der Waals surface area contributed by atoms with Gasteiger partial charge < -0.3 is 4.52 Å². The van der Waals surface area contributed by atoms with Gasteiger partial charge in [-0.15, -0.1) is 0 Å². The molecule has 0 bridgehead atoms. The van der Waals surface area contributed by atoms with Crippen LogP contribution < -0.4 is 0 Å². The number of ketones is 1. The van der Waals surface area contributed by atoms with E-state index in [2.05, 4.69) is 10.1 Å². The van der Waals surface area contributed by atoms with Crippen LogP contribution in [0.3, 0.4) is 0 Å². The molecule has 1 aromatic carbocycles. The summed E-state index contributed by atoms with van der Waals surface area (Å²) in [6.07, 6.45) is 4.49. The first-order chi connectivity index (χ1) is 9.74. The maximum Gasteiger partial charge on any atom is 0.234 e.